The molecule has 3 nitrogen and oxygen atoms in total. The zero-order valence-corrected chi connectivity index (χ0v) is 11.7. The molecule has 1 rings (SSSR count). The zero-order chi connectivity index (χ0) is 13.5. The first-order valence-electron chi connectivity index (χ1n) is 6.50. The minimum Gasteiger partial charge on any atom is -0.465 e. The van der Waals surface area contributed by atoms with Crippen LogP contribution in [0.25, 0.3) is 0 Å². The highest BCUT2D eigenvalue weighted by molar-refractivity contribution is 5.71. The van der Waals surface area contributed by atoms with E-state index in [4.69, 9.17) is 4.74 Å². The van der Waals surface area contributed by atoms with Gasteiger partial charge in [-0.05, 0) is 36.5 Å². The van der Waals surface area contributed by atoms with Gasteiger partial charge in [-0.3, -0.25) is 4.79 Å². The van der Waals surface area contributed by atoms with Crippen LogP contribution in [0.5, 0.6) is 0 Å². The van der Waals surface area contributed by atoms with Crippen molar-refractivity contribution in [2.24, 2.45) is 0 Å². The van der Waals surface area contributed by atoms with Gasteiger partial charge in [-0.2, -0.15) is 0 Å². The normalized spacial score (nSPS) is 10.7. The predicted molar refractivity (Wildman–Crippen MR) is 73.6 cm³/mol. The molecule has 0 aliphatic heterocycles. The van der Waals surface area contributed by atoms with Crippen molar-refractivity contribution in [3.8, 4) is 0 Å². The van der Waals surface area contributed by atoms with Gasteiger partial charge >= 0.3 is 5.97 Å². The highest BCUT2D eigenvalue weighted by Crippen LogP contribution is 2.18. The van der Waals surface area contributed by atoms with Gasteiger partial charge in [-0.25, -0.2) is 0 Å². The molecule has 0 radical (unpaired) electrons. The van der Waals surface area contributed by atoms with Crippen LogP contribution in [0.1, 0.15) is 43.4 Å². The smallest absolute Gasteiger partial charge is 0.319 e. The number of esters is 1. The Bertz CT molecular complexity index is 399. The van der Waals surface area contributed by atoms with Gasteiger partial charge in [0.1, 0.15) is 0 Å². The molecule has 18 heavy (non-hydrogen) atoms. The molecular formula is C15H23NO2. The van der Waals surface area contributed by atoms with Crippen molar-refractivity contribution in [2.45, 2.75) is 40.2 Å². The summed E-state index contributed by atoms with van der Waals surface area (Å²) >= 11 is 0. The number of aryl methyl sites for hydroxylation is 1. The van der Waals surface area contributed by atoms with E-state index in [0.717, 1.165) is 0 Å². The minimum absolute atomic E-state index is 0.199. The first-order chi connectivity index (χ1) is 8.54. The number of ether oxygens (including phenoxy) is 1. The monoisotopic (exact) mass is 249 g/mol. The third kappa shape index (κ3) is 4.49. The summed E-state index contributed by atoms with van der Waals surface area (Å²) in [6, 6.07) is 6.50. The molecular weight excluding hydrogens is 226 g/mol. The molecule has 0 aromatic heterocycles. The third-order valence-electron chi connectivity index (χ3n) is 2.93. The molecule has 0 aliphatic carbocycles. The lowest BCUT2D eigenvalue weighted by atomic mass is 9.98. The van der Waals surface area contributed by atoms with Crippen LogP contribution in [-0.2, 0) is 16.1 Å². The van der Waals surface area contributed by atoms with Gasteiger partial charge in [0.2, 0.25) is 0 Å². The van der Waals surface area contributed by atoms with Gasteiger partial charge in [-0.1, -0.05) is 32.0 Å². The molecule has 1 N–H and O–H groups in total. The fourth-order valence-electron chi connectivity index (χ4n) is 1.75. The highest BCUT2D eigenvalue weighted by atomic mass is 16.5. The summed E-state index contributed by atoms with van der Waals surface area (Å²) in [5, 5.41) is 3.12. The molecule has 0 heterocycles. The largest absolute Gasteiger partial charge is 0.465 e. The maximum atomic E-state index is 11.2. The number of nitrogens with one attached hydrogen (secondary N) is 1. The average molecular weight is 249 g/mol. The summed E-state index contributed by atoms with van der Waals surface area (Å²) in [4.78, 5) is 11.2. The van der Waals surface area contributed by atoms with E-state index in [1.807, 2.05) is 6.92 Å². The van der Waals surface area contributed by atoms with Gasteiger partial charge in [0.15, 0.2) is 0 Å². The summed E-state index contributed by atoms with van der Waals surface area (Å²) in [5.74, 6) is 0.324. The van der Waals surface area contributed by atoms with Crippen molar-refractivity contribution in [3.05, 3.63) is 34.9 Å². The summed E-state index contributed by atoms with van der Waals surface area (Å²) in [7, 11) is 0. The first kappa shape index (κ1) is 14.7. The van der Waals surface area contributed by atoms with Crippen molar-refractivity contribution < 1.29 is 9.53 Å². The van der Waals surface area contributed by atoms with Gasteiger partial charge in [0.25, 0.3) is 0 Å². The summed E-state index contributed by atoms with van der Waals surface area (Å²) in [6.07, 6.45) is 0. The van der Waals surface area contributed by atoms with Crippen LogP contribution in [0.3, 0.4) is 0 Å². The highest BCUT2D eigenvalue weighted by Gasteiger charge is 2.05. The molecule has 1 aromatic rings. The maximum absolute atomic E-state index is 11.2. The van der Waals surface area contributed by atoms with Gasteiger partial charge < -0.3 is 10.1 Å². The van der Waals surface area contributed by atoms with Crippen LogP contribution in [-0.4, -0.2) is 19.1 Å². The van der Waals surface area contributed by atoms with E-state index >= 15 is 0 Å². The van der Waals surface area contributed by atoms with E-state index in [2.05, 4.69) is 44.3 Å². The lowest BCUT2D eigenvalue weighted by molar-refractivity contribution is -0.142. The lowest BCUT2D eigenvalue weighted by Gasteiger charge is -2.12. The topological polar surface area (TPSA) is 38.3 Å². The molecule has 0 amide bonds. The Labute approximate surface area is 110 Å². The van der Waals surface area contributed by atoms with Crippen molar-refractivity contribution in [2.75, 3.05) is 13.2 Å². The van der Waals surface area contributed by atoms with Crippen LogP contribution < -0.4 is 5.32 Å². The molecule has 0 atom stereocenters. The quantitative estimate of drug-likeness (QED) is 0.788. The molecule has 0 fully saturated rings. The summed E-state index contributed by atoms with van der Waals surface area (Å²) < 4.78 is 4.87. The Hall–Kier alpha value is -1.35. The second-order valence-corrected chi connectivity index (χ2v) is 4.75. The van der Waals surface area contributed by atoms with Crippen molar-refractivity contribution >= 4 is 5.97 Å². The molecule has 0 saturated heterocycles. The number of benzene rings is 1. The summed E-state index contributed by atoms with van der Waals surface area (Å²) in [5.41, 5.74) is 3.81. The molecule has 0 aliphatic rings. The van der Waals surface area contributed by atoms with E-state index in [0.29, 0.717) is 19.1 Å². The van der Waals surface area contributed by atoms with E-state index in [1.165, 1.54) is 16.7 Å². The Balaban J connectivity index is 2.56. The molecule has 0 unspecified atom stereocenters. The van der Waals surface area contributed by atoms with Crippen molar-refractivity contribution in [1.29, 1.82) is 0 Å². The molecule has 0 bridgehead atoms. The van der Waals surface area contributed by atoms with Crippen LogP contribution in [0.4, 0.5) is 0 Å². The molecule has 0 spiro atoms. The molecule has 0 saturated carbocycles. The number of rotatable bonds is 6. The Morgan fingerprint density at radius 3 is 2.72 bits per heavy atom. The van der Waals surface area contributed by atoms with Crippen LogP contribution in [0, 0.1) is 6.92 Å². The second kappa shape index (κ2) is 7.17. The zero-order valence-electron chi connectivity index (χ0n) is 11.7. The molecule has 3 heteroatoms. The molecule has 1 aromatic carbocycles. The van der Waals surface area contributed by atoms with E-state index in [9.17, 15) is 4.79 Å². The fraction of sp³-hybridized carbons (Fsp3) is 0.533. The fourth-order valence-corrected chi connectivity index (χ4v) is 1.75. The Kier molecular flexibility index (Phi) is 5.86. The Morgan fingerprint density at radius 1 is 1.39 bits per heavy atom. The maximum Gasteiger partial charge on any atom is 0.319 e. The van der Waals surface area contributed by atoms with E-state index in [1.54, 1.807) is 0 Å². The van der Waals surface area contributed by atoms with Crippen molar-refractivity contribution in [3.63, 3.8) is 0 Å². The Morgan fingerprint density at radius 2 is 2.11 bits per heavy atom. The summed E-state index contributed by atoms with van der Waals surface area (Å²) in [6.45, 7) is 9.66. The predicted octanol–water partition coefficient (Wildman–Crippen LogP) is 2.77. The van der Waals surface area contributed by atoms with E-state index < -0.39 is 0 Å². The van der Waals surface area contributed by atoms with Crippen LogP contribution in [0.2, 0.25) is 0 Å². The number of hydrogen-bond acceptors (Lipinski definition) is 3. The lowest BCUT2D eigenvalue weighted by Crippen LogP contribution is -2.24. The minimum atomic E-state index is -0.199. The molecule has 100 valence electrons. The standard InChI is InChI=1S/C15H23NO2/c1-5-18-15(17)10-16-9-14-8-13(11(2)3)7-6-12(14)4/h6-8,11,16H,5,9-10H2,1-4H3. The van der Waals surface area contributed by atoms with Gasteiger partial charge in [0.05, 0.1) is 13.2 Å². The number of carbonyl (C=O) groups excluding carboxylic acids is 1. The SMILES string of the molecule is CCOC(=O)CNCc1cc(C(C)C)ccc1C. The van der Waals surface area contributed by atoms with E-state index in [-0.39, 0.29) is 12.5 Å². The number of carbonyl (C=O) groups is 1. The average Bonchev–Trinajstić information content (AvgIpc) is 2.31. The third-order valence-corrected chi connectivity index (χ3v) is 2.93. The second-order valence-electron chi connectivity index (χ2n) is 4.75. The van der Waals surface area contributed by atoms with Crippen LogP contribution >= 0.6 is 0 Å². The van der Waals surface area contributed by atoms with Gasteiger partial charge in [0, 0.05) is 6.54 Å². The number of hydrogen-bond donors (Lipinski definition) is 1. The first-order valence-corrected chi connectivity index (χ1v) is 6.50. The van der Waals surface area contributed by atoms with Gasteiger partial charge in [-0.15, -0.1) is 0 Å². The van der Waals surface area contributed by atoms with Crippen LogP contribution in [0.15, 0.2) is 18.2 Å². The van der Waals surface area contributed by atoms with Crippen molar-refractivity contribution in [1.82, 2.24) is 5.32 Å².